The molecule has 0 bridgehead atoms. The highest BCUT2D eigenvalue weighted by molar-refractivity contribution is 5.68. The largest absolute Gasteiger partial charge is 0.488 e. The molecular weight excluding hydrogens is 596 g/mol. The molecule has 0 amide bonds. The molecule has 0 saturated carbocycles. The van der Waals surface area contributed by atoms with Crippen molar-refractivity contribution in [2.24, 2.45) is 10.2 Å². The van der Waals surface area contributed by atoms with Crippen molar-refractivity contribution in [1.29, 1.82) is 0 Å². The van der Waals surface area contributed by atoms with Gasteiger partial charge in [-0.15, -0.1) is 5.11 Å². The summed E-state index contributed by atoms with van der Waals surface area (Å²) >= 11 is 0. The molecule has 0 aliphatic heterocycles. The van der Waals surface area contributed by atoms with Gasteiger partial charge in [-0.25, -0.2) is 0 Å². The van der Waals surface area contributed by atoms with E-state index >= 15 is 0 Å². The smallest absolute Gasteiger partial charge is 0.302 e. The monoisotopic (exact) mass is 654 g/mol. The first-order valence-corrected chi connectivity index (χ1v) is 17.5. The molecule has 0 radical (unpaired) electrons. The Hall–Kier alpha value is -3.82. The van der Waals surface area contributed by atoms with Crippen LogP contribution in [0.1, 0.15) is 110 Å². The molecule has 0 heterocycles. The van der Waals surface area contributed by atoms with Gasteiger partial charge in [-0.2, -0.15) is 5.11 Å². The number of benzene rings is 2. The van der Waals surface area contributed by atoms with Gasteiger partial charge < -0.3 is 29.6 Å². The van der Waals surface area contributed by atoms with E-state index in [1.165, 1.54) is 96.6 Å². The van der Waals surface area contributed by atoms with E-state index < -0.39 is 0 Å². The molecule has 47 heavy (non-hydrogen) atoms. The van der Waals surface area contributed by atoms with Crippen molar-refractivity contribution in [1.82, 2.24) is 0 Å². The fourth-order valence-electron chi connectivity index (χ4n) is 5.15. The third-order valence-electron chi connectivity index (χ3n) is 7.76. The van der Waals surface area contributed by atoms with Crippen LogP contribution in [0, 0.1) is 6.92 Å². The van der Waals surface area contributed by atoms with E-state index in [2.05, 4.69) is 48.0 Å². The number of hydrogen-bond donors (Lipinski definition) is 1. The maximum Gasteiger partial charge on any atom is 0.302 e. The summed E-state index contributed by atoms with van der Waals surface area (Å²) in [5, 5.41) is 9.08. The Morgan fingerprint density at radius 1 is 0.660 bits per heavy atom. The number of esters is 2. The number of anilines is 2. The van der Waals surface area contributed by atoms with Crippen molar-refractivity contribution in [3.05, 3.63) is 35.9 Å². The summed E-state index contributed by atoms with van der Waals surface area (Å²) in [4.78, 5) is 24.8. The molecule has 0 saturated heterocycles. The summed E-state index contributed by atoms with van der Waals surface area (Å²) in [7, 11) is 0. The molecule has 2 N–H and O–H groups in total. The minimum absolute atomic E-state index is 0.0843. The van der Waals surface area contributed by atoms with Gasteiger partial charge >= 0.3 is 11.9 Å². The molecule has 10 heteroatoms. The zero-order valence-corrected chi connectivity index (χ0v) is 29.5. The number of nitrogen functional groups attached to an aromatic ring is 1. The van der Waals surface area contributed by atoms with Crippen LogP contribution >= 0.6 is 0 Å². The first-order chi connectivity index (χ1) is 22.7. The molecule has 0 spiro atoms. The van der Waals surface area contributed by atoms with Gasteiger partial charge in [0, 0.05) is 44.8 Å². The van der Waals surface area contributed by atoms with E-state index in [-0.39, 0.29) is 38.4 Å². The Morgan fingerprint density at radius 2 is 1.17 bits per heavy atom. The number of aryl methyl sites for hydroxylation is 1. The summed E-state index contributed by atoms with van der Waals surface area (Å²) in [5.74, 6) is -0.0301. The normalized spacial score (nSPS) is 11.1. The summed E-state index contributed by atoms with van der Waals surface area (Å²) in [6.45, 7) is 11.8. The molecule has 0 aromatic heterocycles. The van der Waals surface area contributed by atoms with Gasteiger partial charge in [0.25, 0.3) is 0 Å². The second-order valence-corrected chi connectivity index (χ2v) is 11.9. The fraction of sp³-hybridized carbons (Fsp3) is 0.622. The van der Waals surface area contributed by atoms with E-state index in [0.717, 1.165) is 24.3 Å². The third-order valence-corrected chi connectivity index (χ3v) is 7.76. The number of carbonyl (C=O) groups is 2. The van der Waals surface area contributed by atoms with Crippen molar-refractivity contribution in [3.63, 3.8) is 0 Å². The van der Waals surface area contributed by atoms with Crippen molar-refractivity contribution in [2.45, 2.75) is 112 Å². The molecule has 2 rings (SSSR count). The van der Waals surface area contributed by atoms with Crippen LogP contribution in [0.3, 0.4) is 0 Å². The van der Waals surface area contributed by atoms with Crippen LogP contribution in [0.4, 0.5) is 22.7 Å². The number of carbonyl (C=O) groups excluding carboxylic acids is 2. The number of nitrogens with zero attached hydrogens (tertiary/aromatic N) is 3. The Kier molecular flexibility index (Phi) is 19.7. The lowest BCUT2D eigenvalue weighted by molar-refractivity contribution is -0.142. The Balaban J connectivity index is 2.21. The Labute approximate surface area is 282 Å². The lowest BCUT2D eigenvalue weighted by Crippen LogP contribution is -2.25. The van der Waals surface area contributed by atoms with Crippen LogP contribution in [0.25, 0.3) is 0 Å². The number of ether oxygens (including phenoxy) is 4. The quantitative estimate of drug-likeness (QED) is 0.0486. The number of hydrogen-bond acceptors (Lipinski definition) is 10. The van der Waals surface area contributed by atoms with Crippen LogP contribution in [-0.2, 0) is 19.1 Å². The van der Waals surface area contributed by atoms with Crippen molar-refractivity contribution < 1.29 is 28.5 Å². The maximum absolute atomic E-state index is 11.2. The Morgan fingerprint density at radius 3 is 1.70 bits per heavy atom. The second kappa shape index (κ2) is 23.5. The average Bonchev–Trinajstić information content (AvgIpc) is 3.04. The molecule has 2 aromatic carbocycles. The molecule has 10 nitrogen and oxygen atoms in total. The first-order valence-electron chi connectivity index (χ1n) is 17.5. The highest BCUT2D eigenvalue weighted by Gasteiger charge is 2.13. The minimum Gasteiger partial charge on any atom is -0.488 e. The van der Waals surface area contributed by atoms with Gasteiger partial charge in [0.1, 0.15) is 43.6 Å². The van der Waals surface area contributed by atoms with Crippen LogP contribution in [0.15, 0.2) is 40.6 Å². The highest BCUT2D eigenvalue weighted by Crippen LogP contribution is 2.38. The summed E-state index contributed by atoms with van der Waals surface area (Å²) in [5.41, 5.74) is 9.93. The van der Waals surface area contributed by atoms with Crippen LogP contribution in [0.2, 0.25) is 0 Å². The molecule has 0 fully saturated rings. The topological polar surface area (TPSA) is 125 Å². The lowest BCUT2D eigenvalue weighted by Gasteiger charge is -2.26. The van der Waals surface area contributed by atoms with Crippen molar-refractivity contribution in [3.8, 4) is 11.5 Å². The fourth-order valence-corrected chi connectivity index (χ4v) is 5.15. The van der Waals surface area contributed by atoms with E-state index in [9.17, 15) is 9.59 Å². The van der Waals surface area contributed by atoms with E-state index in [1.54, 1.807) is 12.1 Å². The predicted octanol–water partition coefficient (Wildman–Crippen LogP) is 9.40. The van der Waals surface area contributed by atoms with Crippen molar-refractivity contribution in [2.75, 3.05) is 50.2 Å². The summed E-state index contributed by atoms with van der Waals surface area (Å²) < 4.78 is 21.5. The van der Waals surface area contributed by atoms with Crippen LogP contribution < -0.4 is 20.1 Å². The standard InChI is InChI=1S/C37H58N4O6/c1-6-8-10-12-14-16-20-41(21-17-15-13-11-9-7-2)32-18-19-34(29(3)26-32)39-40-35-28-36(46-24-22-44-30(4)42)33(38)27-37(35)47-25-23-45-31(5)43/h18-19,26-28H,6-17,20-25,38H2,1-5H3/b40-39+. The number of rotatable bonds is 25. The van der Waals surface area contributed by atoms with Gasteiger partial charge in [0.05, 0.1) is 11.4 Å². The van der Waals surface area contributed by atoms with Gasteiger partial charge in [-0.05, 0) is 43.5 Å². The molecule has 0 aliphatic rings. The Bertz CT molecular complexity index is 1220. The zero-order chi connectivity index (χ0) is 34.3. The van der Waals surface area contributed by atoms with E-state index in [0.29, 0.717) is 22.9 Å². The number of nitrogens with two attached hydrogens (primary N) is 1. The maximum atomic E-state index is 11.2. The molecule has 0 aliphatic carbocycles. The third kappa shape index (κ3) is 16.5. The van der Waals surface area contributed by atoms with Gasteiger partial charge in [0.15, 0.2) is 0 Å². The van der Waals surface area contributed by atoms with E-state index in [4.69, 9.17) is 24.7 Å². The number of unbranched alkanes of at least 4 members (excludes halogenated alkanes) is 10. The average molecular weight is 655 g/mol. The molecular formula is C37H58N4O6. The minimum atomic E-state index is -0.388. The molecule has 262 valence electrons. The first kappa shape index (κ1) is 39.4. The molecule has 0 atom stereocenters. The van der Waals surface area contributed by atoms with Gasteiger partial charge in [-0.3, -0.25) is 9.59 Å². The lowest BCUT2D eigenvalue weighted by atomic mass is 10.1. The predicted molar refractivity (Wildman–Crippen MR) is 189 cm³/mol. The van der Waals surface area contributed by atoms with Crippen molar-refractivity contribution >= 4 is 34.7 Å². The molecule has 0 unspecified atom stereocenters. The second-order valence-electron chi connectivity index (χ2n) is 11.9. The zero-order valence-electron chi connectivity index (χ0n) is 29.5. The SMILES string of the molecule is CCCCCCCCN(CCCCCCCC)c1ccc(/N=N/c2cc(OCCOC(C)=O)c(N)cc2OCCOC(C)=O)c(C)c1. The molecule has 2 aromatic rings. The van der Waals surface area contributed by atoms with Gasteiger partial charge in [0.2, 0.25) is 0 Å². The number of azo groups is 1. The highest BCUT2D eigenvalue weighted by atomic mass is 16.6. The summed E-state index contributed by atoms with van der Waals surface area (Å²) in [6.07, 6.45) is 15.3. The van der Waals surface area contributed by atoms with Crippen LogP contribution in [0.5, 0.6) is 11.5 Å². The van der Waals surface area contributed by atoms with Gasteiger partial charge in [-0.1, -0.05) is 78.1 Å². The summed E-state index contributed by atoms with van der Waals surface area (Å²) in [6, 6.07) is 9.59. The van der Waals surface area contributed by atoms with E-state index in [1.807, 2.05) is 6.07 Å². The van der Waals surface area contributed by atoms with Crippen LogP contribution in [-0.4, -0.2) is 51.5 Å².